The van der Waals surface area contributed by atoms with E-state index in [1.54, 1.807) is 49.2 Å². The van der Waals surface area contributed by atoms with Gasteiger partial charge < -0.3 is 19.0 Å². The second-order valence-electron chi connectivity index (χ2n) is 7.90. The van der Waals surface area contributed by atoms with Crippen LogP contribution in [0.4, 0.5) is 4.39 Å². The predicted molar refractivity (Wildman–Crippen MR) is 116 cm³/mol. The Kier molecular flexibility index (Phi) is 8.03. The van der Waals surface area contributed by atoms with E-state index in [1.807, 2.05) is 0 Å². The fourth-order valence-electron chi connectivity index (χ4n) is 3.75. The van der Waals surface area contributed by atoms with Crippen LogP contribution in [-0.4, -0.2) is 60.9 Å². The number of nitrogens with zero attached hydrogens (tertiary/aromatic N) is 2. The Morgan fingerprint density at radius 3 is 2.56 bits per heavy atom. The maximum Gasteiger partial charge on any atom is 0.309 e. The molecule has 0 saturated carbocycles. The highest BCUT2D eigenvalue weighted by Crippen LogP contribution is 2.25. The van der Waals surface area contributed by atoms with Gasteiger partial charge in [-0.25, -0.2) is 4.39 Å². The average molecular weight is 445 g/mol. The van der Waals surface area contributed by atoms with Gasteiger partial charge in [0.1, 0.15) is 17.3 Å². The fourth-order valence-corrected chi connectivity index (χ4v) is 3.75. The number of likely N-dealkylation sites (tertiary alicyclic amines) is 1. The van der Waals surface area contributed by atoms with Gasteiger partial charge in [-0.05, 0) is 44.0 Å². The largest absolute Gasteiger partial charge is 0.466 e. The lowest BCUT2D eigenvalue weighted by Crippen LogP contribution is -2.45. The molecule has 1 fully saturated rings. The van der Waals surface area contributed by atoms with E-state index in [1.165, 1.54) is 11.0 Å². The minimum absolute atomic E-state index is 0.0124. The van der Waals surface area contributed by atoms with E-state index in [9.17, 15) is 18.8 Å². The van der Waals surface area contributed by atoms with Gasteiger partial charge in [0, 0.05) is 33.0 Å². The Balaban J connectivity index is 1.44. The highest BCUT2D eigenvalue weighted by atomic mass is 19.1. The van der Waals surface area contributed by atoms with E-state index in [0.717, 1.165) is 0 Å². The molecule has 0 bridgehead atoms. The first kappa shape index (κ1) is 23.5. The van der Waals surface area contributed by atoms with Crippen LogP contribution in [0.1, 0.15) is 31.9 Å². The highest BCUT2D eigenvalue weighted by molar-refractivity contribution is 5.85. The average Bonchev–Trinajstić information content (AvgIpc) is 3.26. The number of halogens is 1. The first-order chi connectivity index (χ1) is 15.4. The number of esters is 1. The SMILES string of the molecule is CCOC(=O)C1CCN(C(=O)CN(C)C(=O)CCc2ccc(-c3ccccc3F)o2)CC1. The molecular formula is C24H29FN2O5. The van der Waals surface area contributed by atoms with Crippen molar-refractivity contribution in [3.63, 3.8) is 0 Å². The molecule has 2 amide bonds. The van der Waals surface area contributed by atoms with Crippen LogP contribution >= 0.6 is 0 Å². The van der Waals surface area contributed by atoms with Crippen molar-refractivity contribution >= 4 is 17.8 Å². The number of likely N-dealkylation sites (N-methyl/N-ethyl adjacent to an activating group) is 1. The molecule has 0 spiro atoms. The number of ether oxygens (including phenoxy) is 1. The molecule has 0 N–H and O–H groups in total. The number of amides is 2. The van der Waals surface area contributed by atoms with Crippen molar-refractivity contribution in [3.05, 3.63) is 48.0 Å². The van der Waals surface area contributed by atoms with E-state index in [-0.39, 0.29) is 42.5 Å². The molecule has 1 saturated heterocycles. The van der Waals surface area contributed by atoms with Gasteiger partial charge in [-0.2, -0.15) is 0 Å². The first-order valence-electron chi connectivity index (χ1n) is 10.9. The van der Waals surface area contributed by atoms with Crippen molar-refractivity contribution in [2.75, 3.05) is 33.3 Å². The third-order valence-electron chi connectivity index (χ3n) is 5.65. The van der Waals surface area contributed by atoms with Gasteiger partial charge in [0.2, 0.25) is 11.8 Å². The molecule has 7 nitrogen and oxygen atoms in total. The Morgan fingerprint density at radius 2 is 1.88 bits per heavy atom. The zero-order chi connectivity index (χ0) is 23.1. The van der Waals surface area contributed by atoms with Crippen LogP contribution in [0.3, 0.4) is 0 Å². The minimum atomic E-state index is -0.367. The standard InChI is InChI=1S/C24H29FN2O5/c1-3-31-24(30)17-12-14-27(15-13-17)23(29)16-26(2)22(28)11-9-18-8-10-21(32-18)19-6-4-5-7-20(19)25/h4-8,10,17H,3,9,11-16H2,1-2H3. The molecule has 2 heterocycles. The molecular weight excluding hydrogens is 415 g/mol. The third kappa shape index (κ3) is 5.96. The number of hydrogen-bond donors (Lipinski definition) is 0. The van der Waals surface area contributed by atoms with Crippen molar-refractivity contribution in [2.24, 2.45) is 5.92 Å². The Morgan fingerprint density at radius 1 is 1.16 bits per heavy atom. The van der Waals surface area contributed by atoms with Gasteiger partial charge in [-0.3, -0.25) is 14.4 Å². The molecule has 0 atom stereocenters. The summed E-state index contributed by atoms with van der Waals surface area (Å²) in [4.78, 5) is 39.9. The molecule has 0 aliphatic carbocycles. The number of hydrogen-bond acceptors (Lipinski definition) is 5. The molecule has 3 rings (SSSR count). The highest BCUT2D eigenvalue weighted by Gasteiger charge is 2.29. The van der Waals surface area contributed by atoms with E-state index >= 15 is 0 Å². The van der Waals surface area contributed by atoms with Crippen LogP contribution in [0, 0.1) is 11.7 Å². The van der Waals surface area contributed by atoms with E-state index in [2.05, 4.69) is 0 Å². The lowest BCUT2D eigenvalue weighted by atomic mass is 9.97. The zero-order valence-electron chi connectivity index (χ0n) is 18.5. The topological polar surface area (TPSA) is 80.1 Å². The second kappa shape index (κ2) is 10.9. The number of aryl methyl sites for hydroxylation is 1. The molecule has 0 unspecified atom stereocenters. The van der Waals surface area contributed by atoms with Crippen LogP contribution in [0.2, 0.25) is 0 Å². The number of furan rings is 1. The molecule has 2 aromatic rings. The van der Waals surface area contributed by atoms with Gasteiger partial charge in [0.25, 0.3) is 0 Å². The summed E-state index contributed by atoms with van der Waals surface area (Å²) in [5.41, 5.74) is 0.375. The van der Waals surface area contributed by atoms with E-state index < -0.39 is 0 Å². The van der Waals surface area contributed by atoms with E-state index in [0.29, 0.717) is 56.0 Å². The molecule has 1 aromatic heterocycles. The molecule has 8 heteroatoms. The van der Waals surface area contributed by atoms with Crippen LogP contribution in [0.25, 0.3) is 11.3 Å². The Labute approximate surface area is 187 Å². The second-order valence-corrected chi connectivity index (χ2v) is 7.90. The number of carbonyl (C=O) groups is 3. The normalized spacial score (nSPS) is 14.3. The third-order valence-corrected chi connectivity index (χ3v) is 5.65. The van der Waals surface area contributed by atoms with Gasteiger partial charge >= 0.3 is 5.97 Å². The van der Waals surface area contributed by atoms with Gasteiger partial charge in [0.15, 0.2) is 0 Å². The molecule has 0 radical (unpaired) electrons. The summed E-state index contributed by atoms with van der Waals surface area (Å²) in [6.45, 7) is 3.08. The monoisotopic (exact) mass is 444 g/mol. The summed E-state index contributed by atoms with van der Waals surface area (Å²) in [6.07, 6.45) is 1.69. The Bertz CT molecular complexity index is 949. The van der Waals surface area contributed by atoms with Crippen LogP contribution < -0.4 is 0 Å². The van der Waals surface area contributed by atoms with E-state index in [4.69, 9.17) is 9.15 Å². The van der Waals surface area contributed by atoms with Crippen molar-refractivity contribution in [2.45, 2.75) is 32.6 Å². The summed E-state index contributed by atoms with van der Waals surface area (Å²) in [5, 5.41) is 0. The number of rotatable bonds is 8. The van der Waals surface area contributed by atoms with Gasteiger partial charge in [-0.1, -0.05) is 12.1 Å². The van der Waals surface area contributed by atoms with Crippen molar-refractivity contribution in [3.8, 4) is 11.3 Å². The zero-order valence-corrected chi connectivity index (χ0v) is 18.5. The van der Waals surface area contributed by atoms with Gasteiger partial charge in [0.05, 0.1) is 24.6 Å². The number of piperidine rings is 1. The summed E-state index contributed by atoms with van der Waals surface area (Å²) in [5.74, 6) is -0.0535. The maximum absolute atomic E-state index is 13.9. The summed E-state index contributed by atoms with van der Waals surface area (Å²) >= 11 is 0. The molecule has 1 aliphatic heterocycles. The minimum Gasteiger partial charge on any atom is -0.466 e. The summed E-state index contributed by atoms with van der Waals surface area (Å²) < 4.78 is 24.6. The van der Waals surface area contributed by atoms with Crippen molar-refractivity contribution in [1.82, 2.24) is 9.80 Å². The summed E-state index contributed by atoms with van der Waals surface area (Å²) in [7, 11) is 1.60. The first-order valence-corrected chi connectivity index (χ1v) is 10.9. The quantitative estimate of drug-likeness (QED) is 0.584. The molecule has 32 heavy (non-hydrogen) atoms. The summed E-state index contributed by atoms with van der Waals surface area (Å²) in [6, 6.07) is 9.76. The number of carbonyl (C=O) groups excluding carboxylic acids is 3. The van der Waals surface area contributed by atoms with Gasteiger partial charge in [-0.15, -0.1) is 0 Å². The maximum atomic E-state index is 13.9. The van der Waals surface area contributed by atoms with Crippen molar-refractivity contribution in [1.29, 1.82) is 0 Å². The predicted octanol–water partition coefficient (Wildman–Crippen LogP) is 3.28. The van der Waals surface area contributed by atoms with Crippen LogP contribution in [-0.2, 0) is 25.5 Å². The van der Waals surface area contributed by atoms with Crippen LogP contribution in [0.15, 0.2) is 40.8 Å². The molecule has 1 aliphatic rings. The van der Waals surface area contributed by atoms with Crippen LogP contribution in [0.5, 0.6) is 0 Å². The fraction of sp³-hybridized carbons (Fsp3) is 0.458. The van der Waals surface area contributed by atoms with Crippen molar-refractivity contribution < 1.29 is 27.9 Å². The Hall–Kier alpha value is -3.16. The number of benzene rings is 1. The molecule has 1 aromatic carbocycles. The smallest absolute Gasteiger partial charge is 0.309 e. The lowest BCUT2D eigenvalue weighted by Gasteiger charge is -2.32. The molecule has 172 valence electrons. The lowest BCUT2D eigenvalue weighted by molar-refractivity contribution is -0.151.